The number of aliphatic hydroxyl groups excluding tert-OH is 1. The molecule has 37 heteroatoms. The Labute approximate surface area is 618 Å². The number of unbranched alkanes of at least 4 members (excludes halogenated alkanes) is 1. The normalized spacial score (nSPS) is 17.7. The van der Waals surface area contributed by atoms with Crippen molar-refractivity contribution in [3.05, 3.63) is 29.8 Å². The molecule has 2 saturated heterocycles. The summed E-state index contributed by atoms with van der Waals surface area (Å²) in [6.07, 6.45) is 1.90. The van der Waals surface area contributed by atoms with Crippen molar-refractivity contribution < 1.29 is 82.4 Å². The van der Waals surface area contributed by atoms with E-state index < -0.39 is 180 Å². The van der Waals surface area contributed by atoms with E-state index in [1.807, 2.05) is 0 Å². The number of carbonyl (C=O) groups excluding carboxylic acids is 13. The molecule has 2 heterocycles. The molecule has 0 saturated carbocycles. The van der Waals surface area contributed by atoms with Gasteiger partial charge in [-0.15, -0.1) is 0 Å². The van der Waals surface area contributed by atoms with Crippen LogP contribution in [0.3, 0.4) is 0 Å². The average molecular weight is 1500 g/mol. The van der Waals surface area contributed by atoms with E-state index in [0.717, 1.165) is 0 Å². The quantitative estimate of drug-likeness (QED) is 0.0167. The van der Waals surface area contributed by atoms with Crippen LogP contribution in [0.15, 0.2) is 34.3 Å². The number of phenols is 1. The lowest BCUT2D eigenvalue weighted by Crippen LogP contribution is -2.62. The van der Waals surface area contributed by atoms with Gasteiger partial charge in [-0.1, -0.05) is 80.4 Å². The largest absolute Gasteiger partial charge is 0.508 e. The predicted octanol–water partition coefficient (Wildman–Crippen LogP) is -4.32. The summed E-state index contributed by atoms with van der Waals surface area (Å²) >= 11 is 0. The molecule has 13 amide bonds. The number of phenolic OH excluding ortho intramolecular Hbond substituents is 1. The number of carbonyl (C=O) groups is 14. The van der Waals surface area contributed by atoms with E-state index in [0.29, 0.717) is 24.8 Å². The first-order chi connectivity index (χ1) is 50.0. The van der Waals surface area contributed by atoms with Gasteiger partial charge in [0.15, 0.2) is 11.9 Å². The van der Waals surface area contributed by atoms with Crippen molar-refractivity contribution in [1.82, 2.24) is 68.7 Å². The van der Waals surface area contributed by atoms with Crippen LogP contribution in [0.5, 0.6) is 5.75 Å². The van der Waals surface area contributed by atoms with E-state index in [4.69, 9.17) is 28.7 Å². The number of rotatable bonds is 46. The van der Waals surface area contributed by atoms with Gasteiger partial charge in [-0.2, -0.15) is 0 Å². The fourth-order valence-electron chi connectivity index (χ4n) is 11.7. The van der Waals surface area contributed by atoms with Gasteiger partial charge in [0, 0.05) is 32.5 Å². The van der Waals surface area contributed by atoms with Crippen LogP contribution < -0.4 is 92.5 Å². The minimum atomic E-state index is -1.72. The summed E-state index contributed by atoms with van der Waals surface area (Å²) in [4.78, 5) is 202. The third-order valence-electron chi connectivity index (χ3n) is 18.4. The number of aliphatic hydroxyl groups is 1. The smallest absolute Gasteiger partial charge is 0.326 e. The number of nitrogens with zero attached hydrogens (tertiary/aromatic N) is 3. The molecule has 25 N–H and O–H groups in total. The zero-order valence-electron chi connectivity index (χ0n) is 62.6. The summed E-state index contributed by atoms with van der Waals surface area (Å²) in [5.41, 5.74) is 28.6. The van der Waals surface area contributed by atoms with Crippen LogP contribution in [-0.2, 0) is 73.5 Å². The van der Waals surface area contributed by atoms with Gasteiger partial charge >= 0.3 is 5.97 Å². The zero-order chi connectivity index (χ0) is 79.7. The van der Waals surface area contributed by atoms with Gasteiger partial charge in [0.2, 0.25) is 76.8 Å². The van der Waals surface area contributed by atoms with E-state index in [1.165, 1.54) is 43.0 Å². The number of aromatic hydroxyl groups is 1. The molecule has 106 heavy (non-hydrogen) atoms. The van der Waals surface area contributed by atoms with Crippen LogP contribution in [0.4, 0.5) is 0 Å². The molecule has 0 radical (unpaired) electrons. The van der Waals surface area contributed by atoms with E-state index in [2.05, 4.69) is 73.8 Å². The molecule has 1 aromatic carbocycles. The van der Waals surface area contributed by atoms with Crippen molar-refractivity contribution >= 4 is 94.7 Å². The highest BCUT2D eigenvalue weighted by molar-refractivity contribution is 6.00. The second kappa shape index (κ2) is 45.4. The monoisotopic (exact) mass is 1500 g/mol. The number of carboxylic acid groups (broad SMARTS) is 1. The Morgan fingerprint density at radius 2 is 1.00 bits per heavy atom. The molecule has 0 aromatic heterocycles. The minimum Gasteiger partial charge on any atom is -0.508 e. The maximum absolute atomic E-state index is 15.0. The van der Waals surface area contributed by atoms with Crippen molar-refractivity contribution in [2.45, 2.75) is 244 Å². The van der Waals surface area contributed by atoms with Gasteiger partial charge in [-0.25, -0.2) is 4.79 Å². The standard InChI is InChI=1S/C69H116N20O17/c1-11-37(7)53(64(102)84-48(67(105)106)32-35(3)4)88-60(98)47(33-41-22-24-42(91)25-23-41)83-62(100)50-21-17-31-89(50)66(104)46(20-16-30-76-69(73)74)82-59(97)44(19-15-29-75-68(71)72)80-55(93)39(9)77-57(95)43(18-13-14-28-70)81-61(99)49(34-90)85-63(101)52(36(5)6)86-65(103)54(38(8)12-2)87-56(94)40(10)78-58(96)45-26-27-51(92)79-45/h22-25,35-40,43-50,52-54,90-91H,11-21,26-34,70H2,1-10H3,(H,77,95)(H,78,96)(H,79,92)(H,80,93)(H,81,99)(H,82,97)(H,83,100)(H,84,102)(H,85,101)(H,86,103)(H,87,94)(H,88,98)(H,105,106)(H4,71,72,75)(H4,73,74,76)/t37-,38-,39-,40-,43-,44-,45-,46-,47-,48-,49-,50-,52-,53-,54-/m0/s1. The molecule has 0 unspecified atom stereocenters. The fourth-order valence-corrected chi connectivity index (χ4v) is 11.7. The van der Waals surface area contributed by atoms with Gasteiger partial charge in [-0.3, -0.25) is 72.3 Å². The van der Waals surface area contributed by atoms with E-state index in [-0.39, 0.29) is 133 Å². The highest BCUT2D eigenvalue weighted by Gasteiger charge is 2.42. The number of hydrogen-bond acceptors (Lipinski definition) is 19. The van der Waals surface area contributed by atoms with Crippen LogP contribution in [0.25, 0.3) is 0 Å². The molecule has 2 aliphatic heterocycles. The Hall–Kier alpha value is -9.94. The second-order valence-electron chi connectivity index (χ2n) is 27.9. The van der Waals surface area contributed by atoms with E-state index in [9.17, 15) is 82.4 Å². The number of guanidine groups is 2. The first-order valence-electron chi connectivity index (χ1n) is 36.3. The molecular weight excluding hydrogens is 1380 g/mol. The van der Waals surface area contributed by atoms with Crippen LogP contribution in [0.1, 0.15) is 165 Å². The highest BCUT2D eigenvalue weighted by atomic mass is 16.4. The summed E-state index contributed by atoms with van der Waals surface area (Å²) in [7, 11) is 0. The number of carboxylic acids is 1. The molecule has 2 aliphatic rings. The van der Waals surface area contributed by atoms with Crippen molar-refractivity contribution in [1.29, 1.82) is 0 Å². The Kier molecular flexibility index (Phi) is 38.7. The molecule has 37 nitrogen and oxygen atoms in total. The summed E-state index contributed by atoms with van der Waals surface area (Å²) in [5, 5.41) is 61.7. The SMILES string of the molecule is CC[C@H](C)[C@H](NC(=O)[C@H](C)NC(=O)[C@@H]1CCC(=O)N1)C(=O)N[C@H](C(=O)N[C@@H](CO)C(=O)N[C@@H](CCCCN)C(=O)N[C@@H](C)C(=O)N[C@@H](CCCN=C(N)N)C(=O)N[C@@H](CCCN=C(N)N)C(=O)N1CCC[C@H]1C(=O)N[C@@H](Cc1ccc(O)cc1)C(=O)N[C@H](C(=O)N[C@@H](CC(C)C)C(=O)O)[C@@H](C)CC)C(C)C. The molecular formula is C69H116N20O17. The number of likely N-dealkylation sites (tertiary alicyclic amines) is 1. The Balaban J connectivity index is 1.89. The fraction of sp³-hybridized carbons (Fsp3) is 0.681. The summed E-state index contributed by atoms with van der Waals surface area (Å²) in [6.45, 7) is 15.5. The third kappa shape index (κ3) is 30.3. The summed E-state index contributed by atoms with van der Waals surface area (Å²) < 4.78 is 0. The minimum absolute atomic E-state index is 0.000202. The molecule has 0 spiro atoms. The van der Waals surface area contributed by atoms with Crippen LogP contribution in [0, 0.1) is 23.7 Å². The van der Waals surface area contributed by atoms with Crippen molar-refractivity contribution in [3.8, 4) is 5.75 Å². The number of aliphatic carboxylic acids is 1. The predicted molar refractivity (Wildman–Crippen MR) is 391 cm³/mol. The molecule has 594 valence electrons. The van der Waals surface area contributed by atoms with Gasteiger partial charge in [-0.05, 0) is 132 Å². The van der Waals surface area contributed by atoms with Crippen LogP contribution in [0.2, 0.25) is 0 Å². The summed E-state index contributed by atoms with van der Waals surface area (Å²) in [6, 6.07) is -11.4. The lowest BCUT2D eigenvalue weighted by molar-refractivity contribution is -0.143. The molecule has 3 rings (SSSR count). The number of nitrogens with two attached hydrogens (primary N) is 5. The lowest BCUT2D eigenvalue weighted by atomic mass is 9.96. The van der Waals surface area contributed by atoms with E-state index >= 15 is 0 Å². The Morgan fingerprint density at radius 1 is 0.538 bits per heavy atom. The Bertz CT molecular complexity index is 3220. The first-order valence-corrected chi connectivity index (χ1v) is 36.3. The average Bonchev–Trinajstić information content (AvgIpc) is 1.59. The zero-order valence-corrected chi connectivity index (χ0v) is 62.6. The Morgan fingerprint density at radius 3 is 1.52 bits per heavy atom. The van der Waals surface area contributed by atoms with Gasteiger partial charge in [0.05, 0.1) is 6.61 Å². The molecule has 1 aromatic rings. The maximum atomic E-state index is 15.0. The highest BCUT2D eigenvalue weighted by Crippen LogP contribution is 2.22. The number of benzene rings is 1. The first kappa shape index (κ1) is 90.3. The van der Waals surface area contributed by atoms with Crippen LogP contribution in [-0.4, -0.2) is 226 Å². The molecule has 15 atom stereocenters. The topological polar surface area (TPSA) is 602 Å². The van der Waals surface area contributed by atoms with Crippen LogP contribution >= 0.6 is 0 Å². The van der Waals surface area contributed by atoms with Gasteiger partial charge < -0.3 is 113 Å². The van der Waals surface area contributed by atoms with Crippen molar-refractivity contribution in [2.75, 3.05) is 32.8 Å². The van der Waals surface area contributed by atoms with Crippen molar-refractivity contribution in [2.24, 2.45) is 62.3 Å². The lowest BCUT2D eigenvalue weighted by Gasteiger charge is -2.31. The number of hydrogen-bond donors (Lipinski definition) is 20. The number of aliphatic imine (C=N–C) groups is 2. The maximum Gasteiger partial charge on any atom is 0.326 e. The third-order valence-corrected chi connectivity index (χ3v) is 18.4. The molecule has 0 aliphatic carbocycles. The van der Waals surface area contributed by atoms with Gasteiger partial charge in [0.25, 0.3) is 0 Å². The number of nitrogens with one attached hydrogen (secondary N) is 12. The van der Waals surface area contributed by atoms with Gasteiger partial charge in [0.1, 0.15) is 84.3 Å². The second-order valence-corrected chi connectivity index (χ2v) is 27.9. The van der Waals surface area contributed by atoms with E-state index in [1.54, 1.807) is 55.4 Å². The number of amides is 13. The molecule has 0 bridgehead atoms. The summed E-state index contributed by atoms with van der Waals surface area (Å²) in [5.74, 6) is -13.9. The van der Waals surface area contributed by atoms with Crippen molar-refractivity contribution in [3.63, 3.8) is 0 Å². The molecule has 2 fully saturated rings.